The molecule has 3 aromatic rings. The monoisotopic (exact) mass is 348 g/mol. The van der Waals surface area contributed by atoms with Gasteiger partial charge < -0.3 is 0 Å². The number of fused-ring (bicyclic) bond motifs is 2. The van der Waals surface area contributed by atoms with Crippen LogP contribution in [0.2, 0.25) is 0 Å². The van der Waals surface area contributed by atoms with Crippen LogP contribution in [0.15, 0.2) is 109 Å². The third-order valence-electron chi connectivity index (χ3n) is 5.86. The number of hydrogen-bond donors (Lipinski definition) is 0. The van der Waals surface area contributed by atoms with Crippen LogP contribution in [-0.2, 0) is 5.41 Å². The first-order chi connectivity index (χ1) is 13.3. The fourth-order valence-corrected chi connectivity index (χ4v) is 4.72. The second kappa shape index (κ2) is 6.21. The molecule has 1 heterocycles. The summed E-state index contributed by atoms with van der Waals surface area (Å²) < 4.78 is 2.33. The van der Waals surface area contributed by atoms with Crippen LogP contribution >= 0.6 is 0 Å². The predicted octanol–water partition coefficient (Wildman–Crippen LogP) is 5.64. The van der Waals surface area contributed by atoms with Crippen LogP contribution in [-0.4, -0.2) is 17.3 Å². The molecule has 0 atom stereocenters. The van der Waals surface area contributed by atoms with Gasteiger partial charge in [-0.05, 0) is 17.5 Å². The second-order valence-electron chi connectivity index (χ2n) is 7.20. The van der Waals surface area contributed by atoms with E-state index in [0.29, 0.717) is 0 Å². The Hall–Kier alpha value is -3.19. The van der Waals surface area contributed by atoms with Gasteiger partial charge in [0, 0.05) is 23.3 Å². The molecule has 1 aliphatic carbocycles. The minimum absolute atomic E-state index is 0.300. The molecule has 0 N–H and O–H groups in total. The molecule has 0 bridgehead atoms. The van der Waals surface area contributed by atoms with Gasteiger partial charge in [-0.3, -0.25) is 0 Å². The van der Waals surface area contributed by atoms with Gasteiger partial charge in [0.2, 0.25) is 11.4 Å². The molecule has 0 fully saturated rings. The number of hydrogen-bond acceptors (Lipinski definition) is 0. The van der Waals surface area contributed by atoms with Crippen molar-refractivity contribution in [1.82, 2.24) is 0 Å². The molecule has 0 radical (unpaired) electrons. The third kappa shape index (κ3) is 2.21. The summed E-state index contributed by atoms with van der Waals surface area (Å²) in [5.41, 5.74) is 7.60. The number of para-hydroxylation sites is 1. The van der Waals surface area contributed by atoms with Crippen molar-refractivity contribution in [2.24, 2.45) is 0 Å². The lowest BCUT2D eigenvalue weighted by atomic mass is 9.61. The highest BCUT2D eigenvalue weighted by Crippen LogP contribution is 2.51. The minimum Gasteiger partial charge on any atom is -0.195 e. The predicted molar refractivity (Wildman–Crippen MR) is 112 cm³/mol. The van der Waals surface area contributed by atoms with E-state index < -0.39 is 0 Å². The Morgan fingerprint density at radius 2 is 1.33 bits per heavy atom. The molecule has 0 saturated heterocycles. The van der Waals surface area contributed by atoms with E-state index in [9.17, 15) is 0 Å². The van der Waals surface area contributed by atoms with Crippen LogP contribution in [0.5, 0.6) is 0 Å². The molecule has 5 rings (SSSR count). The second-order valence-corrected chi connectivity index (χ2v) is 7.20. The van der Waals surface area contributed by atoms with Crippen molar-refractivity contribution in [1.29, 1.82) is 0 Å². The fraction of sp³-hybridized carbons (Fsp3) is 0.115. The maximum absolute atomic E-state index is 2.40. The number of benzene rings is 3. The first-order valence-electron chi connectivity index (χ1n) is 9.52. The molecule has 130 valence electrons. The van der Waals surface area contributed by atoms with Gasteiger partial charge in [-0.15, -0.1) is 0 Å². The summed E-state index contributed by atoms with van der Waals surface area (Å²) in [4.78, 5) is 0. The highest BCUT2D eigenvalue weighted by Gasteiger charge is 2.49. The lowest BCUT2D eigenvalue weighted by Gasteiger charge is -2.40. The molecular formula is C26H22N+. The summed E-state index contributed by atoms with van der Waals surface area (Å²) in [5.74, 6) is 0. The minimum atomic E-state index is -0.300. The average molecular weight is 348 g/mol. The van der Waals surface area contributed by atoms with E-state index in [0.717, 1.165) is 6.42 Å². The van der Waals surface area contributed by atoms with Gasteiger partial charge in [0.1, 0.15) is 7.05 Å². The quantitative estimate of drug-likeness (QED) is 0.528. The smallest absolute Gasteiger partial charge is 0.195 e. The fourth-order valence-electron chi connectivity index (χ4n) is 4.72. The average Bonchev–Trinajstić information content (AvgIpc) is 2.76. The zero-order valence-corrected chi connectivity index (χ0v) is 15.5. The molecule has 0 amide bonds. The van der Waals surface area contributed by atoms with Gasteiger partial charge in [-0.1, -0.05) is 91.0 Å². The van der Waals surface area contributed by atoms with Crippen molar-refractivity contribution in [3.05, 3.63) is 125 Å². The number of allylic oxidation sites excluding steroid dienone is 4. The maximum Gasteiger partial charge on any atom is 0.210 e. The van der Waals surface area contributed by atoms with Crippen molar-refractivity contribution >= 4 is 11.4 Å². The first-order valence-corrected chi connectivity index (χ1v) is 9.52. The van der Waals surface area contributed by atoms with Gasteiger partial charge in [0.15, 0.2) is 0 Å². The summed E-state index contributed by atoms with van der Waals surface area (Å²) in [6, 6.07) is 30.7. The number of rotatable bonds is 2. The summed E-state index contributed by atoms with van der Waals surface area (Å²) in [6.07, 6.45) is 7.91. The maximum atomic E-state index is 2.40. The highest BCUT2D eigenvalue weighted by atomic mass is 15.0. The van der Waals surface area contributed by atoms with E-state index in [4.69, 9.17) is 0 Å². The van der Waals surface area contributed by atoms with Crippen molar-refractivity contribution in [3.8, 4) is 0 Å². The Balaban J connectivity index is 1.98. The molecule has 0 saturated carbocycles. The zero-order valence-electron chi connectivity index (χ0n) is 15.5. The van der Waals surface area contributed by atoms with E-state index in [1.54, 1.807) is 0 Å². The van der Waals surface area contributed by atoms with Crippen molar-refractivity contribution in [2.75, 3.05) is 7.05 Å². The van der Waals surface area contributed by atoms with Crippen molar-refractivity contribution in [2.45, 2.75) is 11.8 Å². The largest absolute Gasteiger partial charge is 0.210 e. The van der Waals surface area contributed by atoms with Crippen LogP contribution in [0.25, 0.3) is 0 Å². The van der Waals surface area contributed by atoms with E-state index in [1.165, 1.54) is 33.7 Å². The van der Waals surface area contributed by atoms with Crippen LogP contribution in [0, 0.1) is 0 Å². The van der Waals surface area contributed by atoms with Gasteiger partial charge in [0.25, 0.3) is 0 Å². The normalized spacial score (nSPS) is 17.1. The Morgan fingerprint density at radius 3 is 2.00 bits per heavy atom. The van der Waals surface area contributed by atoms with Gasteiger partial charge in [-0.2, -0.15) is 4.58 Å². The van der Waals surface area contributed by atoms with Crippen molar-refractivity contribution in [3.63, 3.8) is 0 Å². The summed E-state index contributed by atoms with van der Waals surface area (Å²) >= 11 is 0. The molecule has 3 aromatic carbocycles. The Labute approximate surface area is 160 Å². The van der Waals surface area contributed by atoms with Gasteiger partial charge in [-0.25, -0.2) is 0 Å². The van der Waals surface area contributed by atoms with Crippen LogP contribution in [0.4, 0.5) is 5.69 Å². The summed E-state index contributed by atoms with van der Waals surface area (Å²) in [7, 11) is 2.18. The lowest BCUT2D eigenvalue weighted by molar-refractivity contribution is -0.406. The Morgan fingerprint density at radius 1 is 0.741 bits per heavy atom. The SMILES string of the molecule is C[N+]1=C2C=CCC=C2C(c2ccccc2)(c2ccccc2)c2ccccc21. The summed E-state index contributed by atoms with van der Waals surface area (Å²) in [6.45, 7) is 0. The molecule has 2 aliphatic rings. The van der Waals surface area contributed by atoms with Crippen molar-refractivity contribution < 1.29 is 4.58 Å². The van der Waals surface area contributed by atoms with Crippen LogP contribution < -0.4 is 0 Å². The Bertz CT molecular complexity index is 1050. The van der Waals surface area contributed by atoms with E-state index in [2.05, 4.69) is 115 Å². The van der Waals surface area contributed by atoms with Gasteiger partial charge in [0.05, 0.1) is 5.41 Å². The third-order valence-corrected chi connectivity index (χ3v) is 5.86. The molecule has 0 spiro atoms. The zero-order chi connectivity index (χ0) is 18.3. The number of nitrogens with zero attached hydrogens (tertiary/aromatic N) is 1. The molecular weight excluding hydrogens is 326 g/mol. The molecule has 27 heavy (non-hydrogen) atoms. The molecule has 1 heteroatoms. The van der Waals surface area contributed by atoms with Gasteiger partial charge >= 0.3 is 0 Å². The Kier molecular flexibility index (Phi) is 3.68. The van der Waals surface area contributed by atoms with Crippen LogP contribution in [0.1, 0.15) is 23.1 Å². The van der Waals surface area contributed by atoms with E-state index in [1.807, 2.05) is 0 Å². The molecule has 0 unspecified atom stereocenters. The van der Waals surface area contributed by atoms with Crippen LogP contribution in [0.3, 0.4) is 0 Å². The molecule has 0 aromatic heterocycles. The topological polar surface area (TPSA) is 3.01 Å². The first kappa shape index (κ1) is 16.0. The lowest BCUT2D eigenvalue weighted by Crippen LogP contribution is -2.41. The molecule has 1 nitrogen and oxygen atoms in total. The highest BCUT2D eigenvalue weighted by molar-refractivity contribution is 6.11. The summed E-state index contributed by atoms with van der Waals surface area (Å²) in [5, 5.41) is 0. The molecule has 1 aliphatic heterocycles. The van der Waals surface area contributed by atoms with E-state index >= 15 is 0 Å². The standard InChI is InChI=1S/C26H22N/c1-27-24-18-10-8-16-22(24)26(20-12-4-2-5-13-20,21-14-6-3-7-15-21)23-17-9-11-19-25(23)27/h2-8,10-19H,9H2,1H3/q+1. The van der Waals surface area contributed by atoms with E-state index in [-0.39, 0.29) is 5.41 Å².